The van der Waals surface area contributed by atoms with Crippen molar-refractivity contribution in [2.24, 2.45) is 5.73 Å². The number of carbonyl (C=O) groups is 2. The molecular formula is C6H8N2O2. The van der Waals surface area contributed by atoms with Crippen LogP contribution < -0.4 is 11.1 Å². The van der Waals surface area contributed by atoms with Crippen molar-refractivity contribution in [3.8, 4) is 12.3 Å². The van der Waals surface area contributed by atoms with Crippen LogP contribution in [0, 0.1) is 12.3 Å². The lowest BCUT2D eigenvalue weighted by Crippen LogP contribution is -2.26. The first-order valence-corrected chi connectivity index (χ1v) is 2.69. The maximum atomic E-state index is 10.3. The zero-order valence-electron chi connectivity index (χ0n) is 5.39. The Labute approximate surface area is 58.8 Å². The van der Waals surface area contributed by atoms with Gasteiger partial charge in [-0.05, 0) is 5.92 Å². The number of amides is 2. The van der Waals surface area contributed by atoms with Gasteiger partial charge in [-0.15, -0.1) is 6.42 Å². The number of nitrogens with one attached hydrogen (secondary N) is 1. The van der Waals surface area contributed by atoms with Gasteiger partial charge in [0.25, 0.3) is 5.91 Å². The highest BCUT2D eigenvalue weighted by Gasteiger charge is 1.95. The Balaban J connectivity index is 3.31. The van der Waals surface area contributed by atoms with Crippen molar-refractivity contribution in [1.82, 2.24) is 5.32 Å². The zero-order valence-corrected chi connectivity index (χ0v) is 5.39. The highest BCUT2D eigenvalue weighted by atomic mass is 16.2. The maximum Gasteiger partial charge on any atom is 0.295 e. The quantitative estimate of drug-likeness (QED) is 0.474. The van der Waals surface area contributed by atoms with Crippen LogP contribution in [0.2, 0.25) is 0 Å². The normalized spacial score (nSPS) is 7.90. The maximum absolute atomic E-state index is 10.3. The molecule has 0 spiro atoms. The minimum absolute atomic E-state index is 0.118. The van der Waals surface area contributed by atoms with E-state index in [0.717, 1.165) is 0 Å². The second kappa shape index (κ2) is 4.39. The van der Waals surface area contributed by atoms with Gasteiger partial charge in [0.1, 0.15) is 0 Å². The summed E-state index contributed by atoms with van der Waals surface area (Å²) in [6, 6.07) is 0. The topological polar surface area (TPSA) is 72.2 Å². The molecular weight excluding hydrogens is 132 g/mol. The molecule has 0 aliphatic carbocycles. The summed E-state index contributed by atoms with van der Waals surface area (Å²) in [4.78, 5) is 20.4. The molecule has 54 valence electrons. The van der Waals surface area contributed by atoms with E-state index >= 15 is 0 Å². The Morgan fingerprint density at radius 3 is 2.60 bits per heavy atom. The van der Waals surface area contributed by atoms with E-state index in [0.29, 0.717) is 0 Å². The van der Waals surface area contributed by atoms with Gasteiger partial charge >= 0.3 is 0 Å². The molecule has 0 aromatic rings. The fourth-order valence-corrected chi connectivity index (χ4v) is 0.350. The van der Waals surface area contributed by atoms with Gasteiger partial charge in [-0.25, -0.2) is 0 Å². The van der Waals surface area contributed by atoms with E-state index in [4.69, 9.17) is 12.2 Å². The van der Waals surface area contributed by atoms with Crippen LogP contribution in [0.15, 0.2) is 0 Å². The summed E-state index contributed by atoms with van der Waals surface area (Å²) in [6.45, 7) is 0.207. The van der Waals surface area contributed by atoms with E-state index in [-0.39, 0.29) is 13.0 Å². The molecule has 0 saturated carbocycles. The van der Waals surface area contributed by atoms with Gasteiger partial charge in [0.15, 0.2) is 0 Å². The number of primary amides is 1. The third kappa shape index (κ3) is 4.65. The van der Waals surface area contributed by atoms with E-state index < -0.39 is 11.8 Å². The number of carbonyl (C=O) groups excluding carboxylic acids is 2. The highest BCUT2D eigenvalue weighted by Crippen LogP contribution is 1.71. The van der Waals surface area contributed by atoms with Gasteiger partial charge in [0.05, 0.1) is 0 Å². The first kappa shape index (κ1) is 8.50. The zero-order chi connectivity index (χ0) is 7.98. The Bertz CT molecular complexity index is 181. The van der Waals surface area contributed by atoms with Crippen LogP contribution in [0.3, 0.4) is 0 Å². The molecule has 2 amide bonds. The molecule has 0 fully saturated rings. The second-order valence-corrected chi connectivity index (χ2v) is 1.62. The fourth-order valence-electron chi connectivity index (χ4n) is 0.350. The third-order valence-corrected chi connectivity index (χ3v) is 0.788. The van der Waals surface area contributed by atoms with Gasteiger partial charge in [0, 0.05) is 13.0 Å². The molecule has 0 aromatic carbocycles. The van der Waals surface area contributed by atoms with E-state index in [2.05, 4.69) is 5.32 Å². The van der Waals surface area contributed by atoms with Crippen molar-refractivity contribution in [2.45, 2.75) is 6.42 Å². The summed E-state index contributed by atoms with van der Waals surface area (Å²) in [7, 11) is 0. The first-order valence-electron chi connectivity index (χ1n) is 2.69. The van der Waals surface area contributed by atoms with E-state index in [9.17, 15) is 9.59 Å². The third-order valence-electron chi connectivity index (χ3n) is 0.788. The number of hydrogen-bond donors (Lipinski definition) is 2. The Morgan fingerprint density at radius 2 is 2.20 bits per heavy atom. The van der Waals surface area contributed by atoms with Crippen molar-refractivity contribution < 1.29 is 9.59 Å². The lowest BCUT2D eigenvalue weighted by atomic mass is 10.4. The van der Waals surface area contributed by atoms with Crippen LogP contribution in [0.1, 0.15) is 6.42 Å². The van der Waals surface area contributed by atoms with Gasteiger partial charge in [-0.1, -0.05) is 0 Å². The van der Waals surface area contributed by atoms with Crippen molar-refractivity contribution in [1.29, 1.82) is 0 Å². The monoisotopic (exact) mass is 140 g/mol. The molecule has 0 unspecified atom stereocenters. The molecule has 0 atom stereocenters. The molecule has 0 heterocycles. The molecule has 10 heavy (non-hydrogen) atoms. The predicted molar refractivity (Wildman–Crippen MR) is 35.7 cm³/mol. The summed E-state index contributed by atoms with van der Waals surface area (Å²) in [5, 5.41) is 2.29. The van der Waals surface area contributed by atoms with Crippen LogP contribution in [-0.2, 0) is 9.59 Å². The van der Waals surface area contributed by atoms with E-state index in [1.54, 1.807) is 0 Å². The lowest BCUT2D eigenvalue weighted by Gasteiger charge is -1.95. The first-order chi connectivity index (χ1) is 4.66. The Hall–Kier alpha value is -1.50. The summed E-state index contributed by atoms with van der Waals surface area (Å²) >= 11 is 0. The smallest absolute Gasteiger partial charge is 0.295 e. The predicted octanol–water partition coefficient (Wildman–Crippen LogP) is -1.39. The lowest BCUT2D eigenvalue weighted by molar-refractivity contribution is -0.118. The molecule has 0 bridgehead atoms. The summed E-state index contributed by atoms with van der Waals surface area (Å²) in [6.07, 6.45) is 4.83. The molecule has 3 N–H and O–H groups in total. The average molecular weight is 140 g/mol. The molecule has 4 nitrogen and oxygen atoms in total. The summed E-state index contributed by atoms with van der Waals surface area (Å²) in [5.41, 5.74) is 4.78. The minimum Gasteiger partial charge on any atom is -0.370 e. The number of rotatable bonds is 3. The number of nitrogens with two attached hydrogens (primary N) is 1. The molecule has 0 aromatic heterocycles. The van der Waals surface area contributed by atoms with Crippen LogP contribution in [0.5, 0.6) is 0 Å². The second-order valence-electron chi connectivity index (χ2n) is 1.62. The standard InChI is InChI=1S/C6H8N2O2/c1-2-6(10)8-4-3-5(7)9/h1H,3-4H2,(H2,7,9)(H,8,10). The number of terminal acetylenes is 1. The minimum atomic E-state index is -0.527. The number of hydrogen-bond acceptors (Lipinski definition) is 2. The highest BCUT2D eigenvalue weighted by molar-refractivity contribution is 5.93. The van der Waals surface area contributed by atoms with Crippen LogP contribution >= 0.6 is 0 Å². The molecule has 0 radical (unpaired) electrons. The van der Waals surface area contributed by atoms with Crippen LogP contribution in [0.25, 0.3) is 0 Å². The molecule has 0 aliphatic rings. The summed E-state index contributed by atoms with van der Waals surface area (Å²) < 4.78 is 0. The SMILES string of the molecule is C#CC(=O)NCCC(N)=O. The van der Waals surface area contributed by atoms with Gasteiger partial charge < -0.3 is 11.1 Å². The van der Waals surface area contributed by atoms with Crippen molar-refractivity contribution >= 4 is 11.8 Å². The molecule has 0 aliphatic heterocycles. The molecule has 0 saturated heterocycles. The van der Waals surface area contributed by atoms with Crippen molar-refractivity contribution in [3.63, 3.8) is 0 Å². The molecule has 0 rings (SSSR count). The average Bonchev–Trinajstić information content (AvgIpc) is 1.87. The van der Waals surface area contributed by atoms with Gasteiger partial charge in [-0.3, -0.25) is 9.59 Å². The van der Waals surface area contributed by atoms with E-state index in [1.807, 2.05) is 5.92 Å². The molecule has 4 heteroatoms. The summed E-state index contributed by atoms with van der Waals surface area (Å²) in [5.74, 6) is 0.849. The Morgan fingerprint density at radius 1 is 1.60 bits per heavy atom. The fraction of sp³-hybridized carbons (Fsp3) is 0.333. The van der Waals surface area contributed by atoms with Crippen LogP contribution in [0.4, 0.5) is 0 Å². The van der Waals surface area contributed by atoms with Crippen molar-refractivity contribution in [3.05, 3.63) is 0 Å². The Kier molecular flexibility index (Phi) is 3.73. The van der Waals surface area contributed by atoms with Crippen LogP contribution in [-0.4, -0.2) is 18.4 Å². The van der Waals surface area contributed by atoms with Gasteiger partial charge in [-0.2, -0.15) is 0 Å². The van der Waals surface area contributed by atoms with Gasteiger partial charge in [0.2, 0.25) is 5.91 Å². The van der Waals surface area contributed by atoms with E-state index in [1.165, 1.54) is 0 Å². The largest absolute Gasteiger partial charge is 0.370 e. The van der Waals surface area contributed by atoms with Crippen molar-refractivity contribution in [2.75, 3.05) is 6.54 Å².